The number of benzene rings is 1. The average molecular weight is 536 g/mol. The number of thioether (sulfide) groups is 1. The van der Waals surface area contributed by atoms with Crippen LogP contribution in [0.15, 0.2) is 57.0 Å². The standard InChI is InChI=1S/C20H26ClN3O2S.HI/c21-16-3-5-19(6-4-16)27-15-11-23-20(24-12-8-17(25)9-13-24)22-10-7-18-2-1-14-26-18;/h1-6,14,17,25H,7-13,15H2,(H,22,23);1H. The van der Waals surface area contributed by atoms with E-state index in [4.69, 9.17) is 21.0 Å². The first-order valence-corrected chi connectivity index (χ1v) is 10.7. The largest absolute Gasteiger partial charge is 0.469 e. The maximum Gasteiger partial charge on any atom is 0.193 e. The van der Waals surface area contributed by atoms with Crippen molar-refractivity contribution in [1.82, 2.24) is 10.2 Å². The van der Waals surface area contributed by atoms with Gasteiger partial charge in [-0.15, -0.1) is 35.7 Å². The minimum Gasteiger partial charge on any atom is -0.469 e. The van der Waals surface area contributed by atoms with Gasteiger partial charge in [0.2, 0.25) is 0 Å². The number of aliphatic imine (C=N–C) groups is 1. The van der Waals surface area contributed by atoms with E-state index in [2.05, 4.69) is 10.2 Å². The van der Waals surface area contributed by atoms with Crippen molar-refractivity contribution < 1.29 is 9.52 Å². The molecule has 2 aromatic rings. The van der Waals surface area contributed by atoms with Crippen molar-refractivity contribution in [1.29, 1.82) is 0 Å². The Labute approximate surface area is 192 Å². The van der Waals surface area contributed by atoms with E-state index >= 15 is 0 Å². The van der Waals surface area contributed by atoms with E-state index in [0.29, 0.717) is 6.54 Å². The van der Waals surface area contributed by atoms with Crippen molar-refractivity contribution in [2.45, 2.75) is 30.3 Å². The number of hydrogen-bond acceptors (Lipinski definition) is 4. The van der Waals surface area contributed by atoms with Crippen molar-refractivity contribution in [3.8, 4) is 0 Å². The fourth-order valence-corrected chi connectivity index (χ4v) is 3.83. The van der Waals surface area contributed by atoms with Gasteiger partial charge in [-0.2, -0.15) is 0 Å². The number of nitrogens with one attached hydrogen (secondary N) is 1. The lowest BCUT2D eigenvalue weighted by Crippen LogP contribution is -2.47. The molecule has 2 heterocycles. The number of halogens is 2. The highest BCUT2D eigenvalue weighted by atomic mass is 127. The van der Waals surface area contributed by atoms with E-state index in [1.807, 2.05) is 36.4 Å². The molecule has 0 spiro atoms. The number of nitrogens with zero attached hydrogens (tertiary/aromatic N) is 2. The molecular formula is C20H27ClIN3O2S. The first-order valence-electron chi connectivity index (χ1n) is 9.33. The average Bonchev–Trinajstić information content (AvgIpc) is 3.19. The molecule has 0 saturated carbocycles. The smallest absolute Gasteiger partial charge is 0.193 e. The van der Waals surface area contributed by atoms with Gasteiger partial charge in [0, 0.05) is 48.3 Å². The number of rotatable bonds is 7. The summed E-state index contributed by atoms with van der Waals surface area (Å²) >= 11 is 7.72. The third-order valence-corrected chi connectivity index (χ3v) is 5.70. The molecule has 1 aliphatic heterocycles. The SMILES string of the molecule is I.OC1CCN(C(=NCCc2ccco2)NCCSc2ccc(Cl)cc2)CC1. The second kappa shape index (κ2) is 12.6. The van der Waals surface area contributed by atoms with Gasteiger partial charge >= 0.3 is 0 Å². The fraction of sp³-hybridized carbons (Fsp3) is 0.450. The summed E-state index contributed by atoms with van der Waals surface area (Å²) in [4.78, 5) is 8.21. The first-order chi connectivity index (χ1) is 13.2. The van der Waals surface area contributed by atoms with Gasteiger partial charge < -0.3 is 19.7 Å². The van der Waals surface area contributed by atoms with Crippen LogP contribution in [0.3, 0.4) is 0 Å². The lowest BCUT2D eigenvalue weighted by atomic mass is 10.1. The minimum absolute atomic E-state index is 0. The van der Waals surface area contributed by atoms with E-state index in [9.17, 15) is 5.11 Å². The molecule has 154 valence electrons. The Balaban J connectivity index is 0.00000280. The Hall–Kier alpha value is -0.900. The lowest BCUT2D eigenvalue weighted by molar-refractivity contribution is 0.108. The third kappa shape index (κ3) is 7.85. The number of hydrogen-bond donors (Lipinski definition) is 2. The summed E-state index contributed by atoms with van der Waals surface area (Å²) in [7, 11) is 0. The van der Waals surface area contributed by atoms with Gasteiger partial charge in [0.05, 0.1) is 12.4 Å². The van der Waals surface area contributed by atoms with E-state index in [1.54, 1.807) is 18.0 Å². The van der Waals surface area contributed by atoms with Crippen LogP contribution >= 0.6 is 47.3 Å². The monoisotopic (exact) mass is 535 g/mol. The Bertz CT molecular complexity index is 705. The number of furan rings is 1. The zero-order valence-electron chi connectivity index (χ0n) is 15.7. The molecule has 28 heavy (non-hydrogen) atoms. The number of likely N-dealkylation sites (tertiary alicyclic amines) is 1. The van der Waals surface area contributed by atoms with Crippen LogP contribution in [0.1, 0.15) is 18.6 Å². The van der Waals surface area contributed by atoms with Crippen molar-refractivity contribution >= 4 is 53.3 Å². The molecule has 1 aromatic heterocycles. The van der Waals surface area contributed by atoms with Crippen LogP contribution in [-0.2, 0) is 6.42 Å². The first kappa shape index (κ1) is 23.4. The molecule has 0 atom stereocenters. The van der Waals surface area contributed by atoms with Crippen molar-refractivity contribution in [2.75, 3.05) is 31.9 Å². The molecule has 1 saturated heterocycles. The Kier molecular flexibility index (Phi) is 10.5. The number of aliphatic hydroxyl groups is 1. The Morgan fingerprint density at radius 2 is 2.00 bits per heavy atom. The Morgan fingerprint density at radius 1 is 1.25 bits per heavy atom. The molecule has 2 N–H and O–H groups in total. The van der Waals surface area contributed by atoms with Crippen LogP contribution in [0.25, 0.3) is 0 Å². The molecule has 1 fully saturated rings. The minimum atomic E-state index is -0.189. The highest BCUT2D eigenvalue weighted by Gasteiger charge is 2.19. The zero-order chi connectivity index (χ0) is 18.9. The number of piperidine rings is 1. The molecule has 0 aliphatic carbocycles. The molecule has 0 radical (unpaired) electrons. The third-order valence-electron chi connectivity index (χ3n) is 4.43. The predicted octanol–water partition coefficient (Wildman–Crippen LogP) is 4.29. The van der Waals surface area contributed by atoms with E-state index in [1.165, 1.54) is 4.90 Å². The van der Waals surface area contributed by atoms with Crippen LogP contribution < -0.4 is 5.32 Å². The molecule has 5 nitrogen and oxygen atoms in total. The molecule has 0 bridgehead atoms. The molecule has 1 aliphatic rings. The normalized spacial score (nSPS) is 15.4. The molecule has 0 amide bonds. The van der Waals surface area contributed by atoms with E-state index in [-0.39, 0.29) is 30.1 Å². The van der Waals surface area contributed by atoms with Gasteiger partial charge in [0.15, 0.2) is 5.96 Å². The van der Waals surface area contributed by atoms with Gasteiger partial charge in [-0.3, -0.25) is 4.99 Å². The van der Waals surface area contributed by atoms with E-state index in [0.717, 1.165) is 61.4 Å². The van der Waals surface area contributed by atoms with Gasteiger partial charge in [0.25, 0.3) is 0 Å². The molecule has 8 heteroatoms. The number of guanidine groups is 1. The second-order valence-corrected chi connectivity index (χ2v) is 8.09. The topological polar surface area (TPSA) is 61.0 Å². The summed E-state index contributed by atoms with van der Waals surface area (Å²) in [5.41, 5.74) is 0. The van der Waals surface area contributed by atoms with Crippen LogP contribution in [0.2, 0.25) is 5.02 Å². The summed E-state index contributed by atoms with van der Waals surface area (Å²) < 4.78 is 5.38. The van der Waals surface area contributed by atoms with Gasteiger partial charge in [-0.1, -0.05) is 11.6 Å². The highest BCUT2D eigenvalue weighted by molar-refractivity contribution is 14.0. The molecule has 1 aromatic carbocycles. The van der Waals surface area contributed by atoms with Gasteiger partial charge in [-0.25, -0.2) is 0 Å². The maximum atomic E-state index is 9.76. The number of aliphatic hydroxyl groups excluding tert-OH is 1. The summed E-state index contributed by atoms with van der Waals surface area (Å²) in [6, 6.07) is 11.8. The highest BCUT2D eigenvalue weighted by Crippen LogP contribution is 2.19. The second-order valence-electron chi connectivity index (χ2n) is 6.48. The van der Waals surface area contributed by atoms with Gasteiger partial charge in [0.1, 0.15) is 5.76 Å². The molecular weight excluding hydrogens is 509 g/mol. The van der Waals surface area contributed by atoms with Crippen molar-refractivity contribution in [2.24, 2.45) is 4.99 Å². The maximum absolute atomic E-state index is 9.76. The molecule has 3 rings (SSSR count). The fourth-order valence-electron chi connectivity index (χ4n) is 2.93. The predicted molar refractivity (Wildman–Crippen MR) is 127 cm³/mol. The summed E-state index contributed by atoms with van der Waals surface area (Å²) in [6.07, 6.45) is 3.87. The van der Waals surface area contributed by atoms with Crippen LogP contribution in [0.4, 0.5) is 0 Å². The van der Waals surface area contributed by atoms with Gasteiger partial charge in [-0.05, 0) is 49.2 Å². The summed E-state index contributed by atoms with van der Waals surface area (Å²) in [5.74, 6) is 2.81. The quantitative estimate of drug-likeness (QED) is 0.182. The Morgan fingerprint density at radius 3 is 2.68 bits per heavy atom. The van der Waals surface area contributed by atoms with Crippen LogP contribution in [0.5, 0.6) is 0 Å². The van der Waals surface area contributed by atoms with Crippen LogP contribution in [0, 0.1) is 0 Å². The van der Waals surface area contributed by atoms with Crippen molar-refractivity contribution in [3.05, 3.63) is 53.4 Å². The van der Waals surface area contributed by atoms with Crippen molar-refractivity contribution in [3.63, 3.8) is 0 Å². The van der Waals surface area contributed by atoms with E-state index < -0.39 is 0 Å². The molecule has 0 unspecified atom stereocenters. The van der Waals surface area contributed by atoms with Crippen LogP contribution in [-0.4, -0.2) is 54.0 Å². The lowest BCUT2D eigenvalue weighted by Gasteiger charge is -2.32. The zero-order valence-corrected chi connectivity index (χ0v) is 19.6. The summed E-state index contributed by atoms with van der Waals surface area (Å²) in [6.45, 7) is 3.17. The summed E-state index contributed by atoms with van der Waals surface area (Å²) in [5, 5.41) is 14.0.